The summed E-state index contributed by atoms with van der Waals surface area (Å²) < 4.78 is 0. The molecule has 0 aliphatic heterocycles. The average molecular weight is 219 g/mol. The van der Waals surface area contributed by atoms with E-state index in [1.165, 1.54) is 5.56 Å². The first-order valence-electron chi connectivity index (χ1n) is 5.85. The standard InChI is InChI=1S/C10H9NO.2C2H6/c1-7-2-4-9-8(6-7)3-5-10(12)11-9;2*1-2/h2-6H,1H3,(H,11,12);2*1-2H3. The van der Waals surface area contributed by atoms with Crippen LogP contribution in [-0.2, 0) is 0 Å². The number of aromatic nitrogens is 1. The van der Waals surface area contributed by atoms with Gasteiger partial charge < -0.3 is 4.98 Å². The molecule has 0 aliphatic carbocycles. The number of hydrogen-bond donors (Lipinski definition) is 1. The van der Waals surface area contributed by atoms with Gasteiger partial charge in [-0.2, -0.15) is 0 Å². The molecule has 0 bridgehead atoms. The van der Waals surface area contributed by atoms with Crippen LogP contribution >= 0.6 is 0 Å². The molecule has 1 aromatic heterocycles. The first kappa shape index (κ1) is 14.4. The third-order valence-corrected chi connectivity index (χ3v) is 1.88. The minimum atomic E-state index is -0.0497. The van der Waals surface area contributed by atoms with Crippen molar-refractivity contribution in [2.75, 3.05) is 0 Å². The quantitative estimate of drug-likeness (QED) is 0.716. The maximum Gasteiger partial charge on any atom is 0.248 e. The van der Waals surface area contributed by atoms with Crippen LogP contribution in [0.4, 0.5) is 0 Å². The maximum absolute atomic E-state index is 10.9. The number of nitrogens with one attached hydrogen (secondary N) is 1. The molecule has 0 saturated heterocycles. The third-order valence-electron chi connectivity index (χ3n) is 1.88. The number of benzene rings is 1. The molecular weight excluding hydrogens is 198 g/mol. The molecule has 1 N–H and O–H groups in total. The molecule has 1 heterocycles. The smallest absolute Gasteiger partial charge is 0.248 e. The average Bonchev–Trinajstić information content (AvgIpc) is 2.35. The molecule has 0 saturated carbocycles. The second-order valence-electron chi connectivity index (χ2n) is 2.91. The minimum Gasteiger partial charge on any atom is -0.322 e. The van der Waals surface area contributed by atoms with E-state index in [2.05, 4.69) is 4.98 Å². The third kappa shape index (κ3) is 3.89. The summed E-state index contributed by atoms with van der Waals surface area (Å²) >= 11 is 0. The van der Waals surface area contributed by atoms with Crippen molar-refractivity contribution in [2.45, 2.75) is 34.6 Å². The Morgan fingerprint density at radius 2 is 1.56 bits per heavy atom. The zero-order valence-electron chi connectivity index (χ0n) is 10.8. The van der Waals surface area contributed by atoms with E-state index >= 15 is 0 Å². The van der Waals surface area contributed by atoms with Crippen molar-refractivity contribution in [1.29, 1.82) is 0 Å². The molecule has 0 radical (unpaired) electrons. The van der Waals surface area contributed by atoms with Gasteiger partial charge in [-0.1, -0.05) is 39.3 Å². The second kappa shape index (κ2) is 7.69. The summed E-state index contributed by atoms with van der Waals surface area (Å²) in [5.74, 6) is 0. The van der Waals surface area contributed by atoms with E-state index in [9.17, 15) is 4.79 Å². The summed E-state index contributed by atoms with van der Waals surface area (Å²) in [5.41, 5.74) is 2.05. The predicted octanol–water partition coefficient (Wildman–Crippen LogP) is 3.89. The lowest BCUT2D eigenvalue weighted by molar-refractivity contribution is 1.30. The van der Waals surface area contributed by atoms with Crippen molar-refractivity contribution in [3.63, 3.8) is 0 Å². The highest BCUT2D eigenvalue weighted by Gasteiger charge is 1.92. The molecule has 0 atom stereocenters. The Balaban J connectivity index is 0.000000509. The molecular formula is C14H21NO. The lowest BCUT2D eigenvalue weighted by atomic mass is 10.1. The van der Waals surface area contributed by atoms with Crippen LogP contribution in [0.3, 0.4) is 0 Å². The van der Waals surface area contributed by atoms with E-state index in [1.807, 2.05) is 58.9 Å². The predicted molar refractivity (Wildman–Crippen MR) is 72.0 cm³/mol. The van der Waals surface area contributed by atoms with Crippen LogP contribution in [0.1, 0.15) is 33.3 Å². The van der Waals surface area contributed by atoms with Gasteiger partial charge in [0.05, 0.1) is 0 Å². The molecule has 0 unspecified atom stereocenters. The van der Waals surface area contributed by atoms with Crippen molar-refractivity contribution >= 4 is 10.9 Å². The lowest BCUT2D eigenvalue weighted by Gasteiger charge is -1.97. The van der Waals surface area contributed by atoms with Gasteiger partial charge >= 0.3 is 0 Å². The largest absolute Gasteiger partial charge is 0.322 e. The molecule has 0 fully saturated rings. The molecule has 88 valence electrons. The Kier molecular flexibility index (Phi) is 6.93. The second-order valence-corrected chi connectivity index (χ2v) is 2.91. The fourth-order valence-electron chi connectivity index (χ4n) is 1.27. The Labute approximate surface area is 97.3 Å². The number of fused-ring (bicyclic) bond motifs is 1. The first-order valence-corrected chi connectivity index (χ1v) is 5.85. The molecule has 1 aromatic carbocycles. The molecule has 0 aliphatic rings. The van der Waals surface area contributed by atoms with Gasteiger partial charge in [0.1, 0.15) is 0 Å². The van der Waals surface area contributed by atoms with E-state index in [0.29, 0.717) is 0 Å². The van der Waals surface area contributed by atoms with E-state index in [1.54, 1.807) is 6.07 Å². The van der Waals surface area contributed by atoms with E-state index in [0.717, 1.165) is 10.9 Å². The van der Waals surface area contributed by atoms with Crippen molar-refractivity contribution in [2.24, 2.45) is 0 Å². The van der Waals surface area contributed by atoms with Crippen molar-refractivity contribution < 1.29 is 0 Å². The van der Waals surface area contributed by atoms with Crippen LogP contribution in [0, 0.1) is 6.92 Å². The Morgan fingerprint density at radius 1 is 0.938 bits per heavy atom. The van der Waals surface area contributed by atoms with E-state index < -0.39 is 0 Å². The number of H-pyrrole nitrogens is 1. The highest BCUT2D eigenvalue weighted by atomic mass is 16.1. The monoisotopic (exact) mass is 219 g/mol. The van der Waals surface area contributed by atoms with E-state index in [4.69, 9.17) is 0 Å². The summed E-state index contributed by atoms with van der Waals surface area (Å²) in [6.45, 7) is 10.0. The fourth-order valence-corrected chi connectivity index (χ4v) is 1.27. The van der Waals surface area contributed by atoms with Gasteiger partial charge in [-0.15, -0.1) is 0 Å². The molecule has 0 amide bonds. The molecule has 2 aromatic rings. The molecule has 2 nitrogen and oxygen atoms in total. The van der Waals surface area contributed by atoms with Crippen LogP contribution < -0.4 is 5.56 Å². The lowest BCUT2D eigenvalue weighted by Crippen LogP contribution is -2.01. The van der Waals surface area contributed by atoms with Crippen LogP contribution in [0.15, 0.2) is 35.1 Å². The summed E-state index contributed by atoms with van der Waals surface area (Å²) in [4.78, 5) is 13.7. The van der Waals surface area contributed by atoms with Crippen molar-refractivity contribution in [3.8, 4) is 0 Å². The van der Waals surface area contributed by atoms with Crippen LogP contribution in [0.25, 0.3) is 10.9 Å². The van der Waals surface area contributed by atoms with Gasteiger partial charge in [0.2, 0.25) is 5.56 Å². The van der Waals surface area contributed by atoms with Gasteiger partial charge in [0.25, 0.3) is 0 Å². The summed E-state index contributed by atoms with van der Waals surface area (Å²) in [6.07, 6.45) is 0. The number of hydrogen-bond acceptors (Lipinski definition) is 1. The van der Waals surface area contributed by atoms with Gasteiger partial charge in [0, 0.05) is 11.6 Å². The molecule has 16 heavy (non-hydrogen) atoms. The summed E-state index contributed by atoms with van der Waals surface area (Å²) in [5, 5.41) is 1.08. The van der Waals surface area contributed by atoms with E-state index in [-0.39, 0.29) is 5.56 Å². The number of aromatic amines is 1. The number of pyridine rings is 1. The summed E-state index contributed by atoms with van der Waals surface area (Å²) in [6, 6.07) is 9.33. The van der Waals surface area contributed by atoms with Crippen LogP contribution in [0.2, 0.25) is 0 Å². The highest BCUT2D eigenvalue weighted by molar-refractivity contribution is 5.78. The van der Waals surface area contributed by atoms with Gasteiger partial charge in [-0.25, -0.2) is 0 Å². The van der Waals surface area contributed by atoms with Gasteiger partial charge in [0.15, 0.2) is 0 Å². The normalized spacial score (nSPS) is 8.56. The minimum absolute atomic E-state index is 0.0497. The first-order chi connectivity index (χ1) is 7.75. The topological polar surface area (TPSA) is 32.9 Å². The van der Waals surface area contributed by atoms with Crippen LogP contribution in [-0.4, -0.2) is 4.98 Å². The Bertz CT molecular complexity index is 471. The Hall–Kier alpha value is -1.57. The molecule has 2 heteroatoms. The zero-order valence-corrected chi connectivity index (χ0v) is 10.8. The Morgan fingerprint density at radius 3 is 2.19 bits per heavy atom. The van der Waals surface area contributed by atoms with Gasteiger partial charge in [-0.3, -0.25) is 4.79 Å². The molecule has 0 spiro atoms. The summed E-state index contributed by atoms with van der Waals surface area (Å²) in [7, 11) is 0. The van der Waals surface area contributed by atoms with Crippen molar-refractivity contribution in [1.82, 2.24) is 4.98 Å². The highest BCUT2D eigenvalue weighted by Crippen LogP contribution is 2.10. The SMILES string of the molecule is CC.CC.Cc1ccc2[nH]c(=O)ccc2c1. The number of aryl methyl sites for hydroxylation is 1. The zero-order chi connectivity index (χ0) is 12.6. The fraction of sp³-hybridized carbons (Fsp3) is 0.357. The van der Waals surface area contributed by atoms with Gasteiger partial charge in [-0.05, 0) is 30.5 Å². The van der Waals surface area contributed by atoms with Crippen LogP contribution in [0.5, 0.6) is 0 Å². The maximum atomic E-state index is 10.9. The van der Waals surface area contributed by atoms with Crippen molar-refractivity contribution in [3.05, 3.63) is 46.2 Å². The molecule has 2 rings (SSSR count). The number of rotatable bonds is 0.